The first-order chi connectivity index (χ1) is 23.1. The summed E-state index contributed by atoms with van der Waals surface area (Å²) >= 11 is 13.1. The molecule has 2 aromatic heterocycles. The lowest BCUT2D eigenvalue weighted by molar-refractivity contribution is 0.0581. The van der Waals surface area contributed by atoms with Crippen molar-refractivity contribution in [2.75, 3.05) is 7.05 Å². The minimum absolute atomic E-state index is 0.221. The summed E-state index contributed by atoms with van der Waals surface area (Å²) in [6.07, 6.45) is 1.17. The maximum Gasteiger partial charge on any atom is 0.272 e. The molecular formula is C40H36Cl2N4O2. The summed E-state index contributed by atoms with van der Waals surface area (Å²) in [7, 11) is 1.78. The molecule has 0 fully saturated rings. The smallest absolute Gasteiger partial charge is 0.272 e. The quantitative estimate of drug-likeness (QED) is 0.166. The van der Waals surface area contributed by atoms with Gasteiger partial charge in [0.2, 0.25) is 0 Å². The monoisotopic (exact) mass is 674 g/mol. The first-order valence-electron chi connectivity index (χ1n) is 16.0. The number of fused-ring (bicyclic) bond motifs is 2. The van der Waals surface area contributed by atoms with Crippen molar-refractivity contribution in [2.45, 2.75) is 45.2 Å². The van der Waals surface area contributed by atoms with E-state index >= 15 is 0 Å². The first kappa shape index (κ1) is 33.1. The van der Waals surface area contributed by atoms with Gasteiger partial charge in [0, 0.05) is 50.6 Å². The van der Waals surface area contributed by atoms with E-state index in [0.29, 0.717) is 45.7 Å². The molecule has 6 aromatic rings. The van der Waals surface area contributed by atoms with Gasteiger partial charge in [-0.1, -0.05) is 115 Å². The Morgan fingerprint density at radius 2 is 1.19 bits per heavy atom. The Balaban J connectivity index is 1.26. The Bertz CT molecular complexity index is 2160. The third-order valence-electron chi connectivity index (χ3n) is 8.98. The van der Waals surface area contributed by atoms with Crippen LogP contribution in [0.4, 0.5) is 0 Å². The van der Waals surface area contributed by atoms with Crippen LogP contribution in [0, 0.1) is 0 Å². The van der Waals surface area contributed by atoms with Crippen molar-refractivity contribution in [1.29, 1.82) is 0 Å². The lowest BCUT2D eigenvalue weighted by Gasteiger charge is -2.38. The summed E-state index contributed by atoms with van der Waals surface area (Å²) in [5.74, 6) is -0.507. The summed E-state index contributed by atoms with van der Waals surface area (Å²) in [5.41, 5.74) is 2.83. The molecule has 0 radical (unpaired) electrons. The maximum absolute atomic E-state index is 14.1. The number of carbonyl (C=O) groups excluding carboxylic acids is 2. The fraction of sp³-hybridized carbons (Fsp3) is 0.200. The van der Waals surface area contributed by atoms with Crippen molar-refractivity contribution in [3.63, 3.8) is 0 Å². The second kappa shape index (κ2) is 13.8. The highest BCUT2D eigenvalue weighted by Gasteiger charge is 2.33. The summed E-state index contributed by atoms with van der Waals surface area (Å²) in [4.78, 5) is 39.2. The molecule has 2 amide bonds. The highest BCUT2D eigenvalue weighted by atomic mass is 35.5. The van der Waals surface area contributed by atoms with E-state index in [-0.39, 0.29) is 17.9 Å². The molecule has 1 atom stereocenters. The predicted octanol–water partition coefficient (Wildman–Crippen LogP) is 9.87. The van der Waals surface area contributed by atoms with Crippen molar-refractivity contribution in [1.82, 2.24) is 20.2 Å². The highest BCUT2D eigenvalue weighted by Crippen LogP contribution is 2.34. The Labute approximate surface area is 290 Å². The summed E-state index contributed by atoms with van der Waals surface area (Å²) in [5, 5.41) is 7.94. The predicted molar refractivity (Wildman–Crippen MR) is 197 cm³/mol. The summed E-state index contributed by atoms with van der Waals surface area (Å²) in [6, 6.07) is 34.1. The number of benzene rings is 4. The van der Waals surface area contributed by atoms with Gasteiger partial charge in [-0.15, -0.1) is 0 Å². The molecule has 0 bridgehead atoms. The second-order valence-corrected chi connectivity index (χ2v) is 13.4. The van der Waals surface area contributed by atoms with Crippen LogP contribution in [0.2, 0.25) is 10.0 Å². The van der Waals surface area contributed by atoms with E-state index in [1.165, 1.54) is 0 Å². The topological polar surface area (TPSA) is 75.2 Å². The lowest BCUT2D eigenvalue weighted by atomic mass is 9.91. The molecule has 1 unspecified atom stereocenters. The molecule has 0 aliphatic rings. The second-order valence-electron chi connectivity index (χ2n) is 12.6. The third-order valence-corrected chi connectivity index (χ3v) is 9.64. The van der Waals surface area contributed by atoms with Crippen LogP contribution in [0.25, 0.3) is 44.1 Å². The van der Waals surface area contributed by atoms with Gasteiger partial charge in [-0.05, 0) is 61.7 Å². The molecule has 242 valence electrons. The Morgan fingerprint density at radius 3 is 1.71 bits per heavy atom. The van der Waals surface area contributed by atoms with E-state index < -0.39 is 5.54 Å². The fourth-order valence-corrected chi connectivity index (χ4v) is 6.53. The molecule has 0 aliphatic heterocycles. The van der Waals surface area contributed by atoms with E-state index in [0.717, 1.165) is 32.7 Å². The first-order valence-corrected chi connectivity index (χ1v) is 16.7. The van der Waals surface area contributed by atoms with Crippen molar-refractivity contribution in [3.8, 4) is 22.5 Å². The lowest BCUT2D eigenvalue weighted by Crippen LogP contribution is -2.50. The van der Waals surface area contributed by atoms with Gasteiger partial charge in [-0.2, -0.15) is 0 Å². The van der Waals surface area contributed by atoms with Crippen LogP contribution >= 0.6 is 23.2 Å². The molecule has 0 spiro atoms. The molecule has 1 N–H and O–H groups in total. The maximum atomic E-state index is 14.1. The average molecular weight is 676 g/mol. The zero-order chi connectivity index (χ0) is 34.0. The van der Waals surface area contributed by atoms with Gasteiger partial charge < -0.3 is 10.2 Å². The molecule has 2 heterocycles. The van der Waals surface area contributed by atoms with Crippen molar-refractivity contribution in [3.05, 3.63) is 131 Å². The number of aromatic nitrogens is 2. The van der Waals surface area contributed by atoms with E-state index in [2.05, 4.69) is 5.32 Å². The van der Waals surface area contributed by atoms with Crippen LogP contribution in [0.5, 0.6) is 0 Å². The van der Waals surface area contributed by atoms with E-state index in [9.17, 15) is 9.59 Å². The molecule has 6 rings (SSSR count). The molecule has 6 nitrogen and oxygen atoms in total. The Hall–Kier alpha value is -4.78. The van der Waals surface area contributed by atoms with Gasteiger partial charge in [0.25, 0.3) is 11.8 Å². The van der Waals surface area contributed by atoms with Crippen molar-refractivity contribution in [2.24, 2.45) is 0 Å². The normalized spacial score (nSPS) is 12.2. The number of rotatable bonds is 9. The number of pyridine rings is 2. The minimum Gasteiger partial charge on any atom is -0.348 e. The molecule has 0 aliphatic carbocycles. The standard InChI is InChI=1S/C40H36Cl2N4O2/c1-5-27(43-38(47)34-22-25-14-6-8-16-28(25)36(44-34)30-18-10-12-20-32(30)41)24-40(2,3)46(4)39(48)35-23-26-15-7-9-17-29(26)37(45-35)31-19-11-13-21-33(31)42/h6-23,27H,5,24H2,1-4H3,(H,43,47). The SMILES string of the molecule is CCC(CC(C)(C)N(C)C(=O)c1cc2ccccc2c(-c2ccccc2Cl)n1)NC(=O)c1cc2ccccc2c(-c2ccccc2Cl)n1. The van der Waals surface area contributed by atoms with Crippen molar-refractivity contribution < 1.29 is 9.59 Å². The largest absolute Gasteiger partial charge is 0.348 e. The summed E-state index contributed by atoms with van der Waals surface area (Å²) < 4.78 is 0. The number of nitrogens with zero attached hydrogens (tertiary/aromatic N) is 3. The van der Waals surface area contributed by atoms with Crippen LogP contribution in [-0.2, 0) is 0 Å². The molecule has 4 aromatic carbocycles. The van der Waals surface area contributed by atoms with Crippen LogP contribution in [0.1, 0.15) is 54.6 Å². The van der Waals surface area contributed by atoms with Gasteiger partial charge in [-0.3, -0.25) is 9.59 Å². The van der Waals surface area contributed by atoms with Crippen LogP contribution in [-0.4, -0.2) is 45.3 Å². The minimum atomic E-state index is -0.636. The highest BCUT2D eigenvalue weighted by molar-refractivity contribution is 6.34. The number of hydrogen-bond donors (Lipinski definition) is 1. The summed E-state index contributed by atoms with van der Waals surface area (Å²) in [6.45, 7) is 6.02. The van der Waals surface area contributed by atoms with Crippen molar-refractivity contribution >= 4 is 56.6 Å². The van der Waals surface area contributed by atoms with Gasteiger partial charge in [-0.25, -0.2) is 9.97 Å². The van der Waals surface area contributed by atoms with E-state index in [1.807, 2.05) is 124 Å². The van der Waals surface area contributed by atoms with Crippen LogP contribution < -0.4 is 5.32 Å². The number of carbonyl (C=O) groups is 2. The zero-order valence-corrected chi connectivity index (χ0v) is 28.8. The Kier molecular flexibility index (Phi) is 9.49. The molecular weight excluding hydrogens is 639 g/mol. The van der Waals surface area contributed by atoms with Gasteiger partial charge >= 0.3 is 0 Å². The van der Waals surface area contributed by atoms with E-state index in [4.69, 9.17) is 33.2 Å². The number of hydrogen-bond acceptors (Lipinski definition) is 4. The number of halogens is 2. The zero-order valence-electron chi connectivity index (χ0n) is 27.3. The van der Waals surface area contributed by atoms with Gasteiger partial charge in [0.1, 0.15) is 11.4 Å². The fourth-order valence-electron chi connectivity index (χ4n) is 6.08. The molecule has 8 heteroatoms. The van der Waals surface area contributed by atoms with Gasteiger partial charge in [0.15, 0.2) is 0 Å². The molecule has 0 saturated heterocycles. The molecule has 48 heavy (non-hydrogen) atoms. The van der Waals surface area contributed by atoms with Crippen LogP contribution in [0.15, 0.2) is 109 Å². The Morgan fingerprint density at radius 1 is 0.729 bits per heavy atom. The van der Waals surface area contributed by atoms with Crippen LogP contribution in [0.3, 0.4) is 0 Å². The number of nitrogens with one attached hydrogen (secondary N) is 1. The van der Waals surface area contributed by atoms with E-state index in [1.54, 1.807) is 18.0 Å². The number of amides is 2. The third kappa shape index (κ3) is 6.64. The van der Waals surface area contributed by atoms with Gasteiger partial charge in [0.05, 0.1) is 11.4 Å². The average Bonchev–Trinajstić information content (AvgIpc) is 3.10. The molecule has 0 saturated carbocycles.